The van der Waals surface area contributed by atoms with Crippen molar-refractivity contribution in [3.63, 3.8) is 0 Å². The van der Waals surface area contributed by atoms with Crippen LogP contribution in [0.1, 0.15) is 31.7 Å². The molecule has 0 saturated heterocycles. The van der Waals surface area contributed by atoms with Gasteiger partial charge in [-0.25, -0.2) is 0 Å². The first kappa shape index (κ1) is 26.5. The topological polar surface area (TPSA) is 68.9 Å². The molecule has 0 atom stereocenters. The van der Waals surface area contributed by atoms with Crippen molar-refractivity contribution in [2.24, 2.45) is 5.16 Å². The van der Waals surface area contributed by atoms with Gasteiger partial charge in [-0.1, -0.05) is 36.4 Å². The number of oxime groups is 1. The fourth-order valence-electron chi connectivity index (χ4n) is 3.31. The number of thioether (sulfide) groups is 2. The highest BCUT2D eigenvalue weighted by Gasteiger charge is 2.40. The summed E-state index contributed by atoms with van der Waals surface area (Å²) < 4.78 is 76.3. The summed E-state index contributed by atoms with van der Waals surface area (Å²) in [5.41, 5.74) is -0.364. The second kappa shape index (κ2) is 11.1. The second-order valence-electron chi connectivity index (χ2n) is 7.37. The number of hydrogen-bond acceptors (Lipinski definition) is 7. The Morgan fingerprint density at radius 1 is 1.06 bits per heavy atom. The monoisotopic (exact) mass is 531 g/mol. The van der Waals surface area contributed by atoms with Gasteiger partial charge in [0.2, 0.25) is 0 Å². The SMILES string of the molecule is CCCS(=O)(=O)O/N=C(/c1cc(=C2C=CC(SC)=CC2)oc1=C1C=CC(SC)=CC1)C(F)(F)F. The van der Waals surface area contributed by atoms with Crippen molar-refractivity contribution in [3.05, 3.63) is 68.7 Å². The van der Waals surface area contributed by atoms with Gasteiger partial charge in [-0.05, 0) is 61.1 Å². The van der Waals surface area contributed by atoms with Crippen LogP contribution in [0.3, 0.4) is 0 Å². The van der Waals surface area contributed by atoms with E-state index >= 15 is 0 Å². The molecule has 1 heterocycles. The number of furan rings is 1. The minimum Gasteiger partial charge on any atom is -0.456 e. The molecule has 34 heavy (non-hydrogen) atoms. The van der Waals surface area contributed by atoms with Crippen LogP contribution in [0.15, 0.2) is 61.9 Å². The number of rotatable bonds is 7. The smallest absolute Gasteiger partial charge is 0.437 e. The third-order valence-corrected chi connectivity index (χ3v) is 7.73. The van der Waals surface area contributed by atoms with E-state index in [1.807, 2.05) is 30.7 Å². The Morgan fingerprint density at radius 3 is 2.12 bits per heavy atom. The maximum absolute atomic E-state index is 14.1. The lowest BCUT2D eigenvalue weighted by atomic mass is 10.0. The van der Waals surface area contributed by atoms with Crippen molar-refractivity contribution in [1.82, 2.24) is 0 Å². The number of allylic oxidation sites excluding steroid dienone is 6. The van der Waals surface area contributed by atoms with E-state index in [0.717, 1.165) is 9.81 Å². The molecule has 0 amide bonds. The van der Waals surface area contributed by atoms with Crippen LogP contribution in [0.25, 0.3) is 11.1 Å². The number of halogens is 3. The van der Waals surface area contributed by atoms with Gasteiger partial charge in [-0.3, -0.25) is 4.28 Å². The molecule has 2 aliphatic rings. The van der Waals surface area contributed by atoms with Crippen molar-refractivity contribution in [1.29, 1.82) is 0 Å². The van der Waals surface area contributed by atoms with Gasteiger partial charge in [-0.2, -0.15) is 21.6 Å². The van der Waals surface area contributed by atoms with Gasteiger partial charge in [-0.15, -0.1) is 23.5 Å². The van der Waals surface area contributed by atoms with Crippen LogP contribution in [0.4, 0.5) is 13.2 Å². The lowest BCUT2D eigenvalue weighted by Gasteiger charge is -2.10. The lowest BCUT2D eigenvalue weighted by Crippen LogP contribution is -2.29. The first-order valence-corrected chi connectivity index (χ1v) is 14.4. The number of alkyl halides is 3. The molecule has 0 bridgehead atoms. The average molecular weight is 532 g/mol. The zero-order valence-electron chi connectivity index (χ0n) is 18.8. The van der Waals surface area contributed by atoms with Crippen molar-refractivity contribution < 1.29 is 30.3 Å². The summed E-state index contributed by atoms with van der Waals surface area (Å²) in [5.74, 6) is -0.444. The van der Waals surface area contributed by atoms with E-state index < -0.39 is 27.8 Å². The Balaban J connectivity index is 2.23. The molecule has 0 aromatic carbocycles. The highest BCUT2D eigenvalue weighted by atomic mass is 32.2. The summed E-state index contributed by atoms with van der Waals surface area (Å²) in [7, 11) is -4.24. The van der Waals surface area contributed by atoms with E-state index in [4.69, 9.17) is 4.42 Å². The Kier molecular flexibility index (Phi) is 8.64. The molecular weight excluding hydrogens is 507 g/mol. The summed E-state index contributed by atoms with van der Waals surface area (Å²) in [6.07, 6.45) is 10.9. The largest absolute Gasteiger partial charge is 0.456 e. The highest BCUT2D eigenvalue weighted by Crippen LogP contribution is 2.26. The zero-order chi connectivity index (χ0) is 24.9. The molecule has 0 spiro atoms. The molecule has 0 saturated carbocycles. The molecule has 0 aliphatic heterocycles. The molecule has 0 fully saturated rings. The Hall–Kier alpha value is -2.11. The molecule has 1 aromatic heterocycles. The molecule has 0 radical (unpaired) electrons. The molecule has 1 aromatic rings. The zero-order valence-corrected chi connectivity index (χ0v) is 21.3. The van der Waals surface area contributed by atoms with Crippen LogP contribution in [0, 0.1) is 0 Å². The summed E-state index contributed by atoms with van der Waals surface area (Å²) in [4.78, 5) is 2.03. The first-order chi connectivity index (χ1) is 16.1. The summed E-state index contributed by atoms with van der Waals surface area (Å²) in [5, 5.41) is 3.07. The Morgan fingerprint density at radius 2 is 1.65 bits per heavy atom. The number of hydrogen-bond donors (Lipinski definition) is 0. The van der Waals surface area contributed by atoms with Crippen molar-refractivity contribution in [2.45, 2.75) is 32.4 Å². The highest BCUT2D eigenvalue weighted by molar-refractivity contribution is 8.02. The van der Waals surface area contributed by atoms with Gasteiger partial charge in [0.15, 0.2) is 5.71 Å². The molecular formula is C23H24F3NO4S3. The Labute approximate surface area is 205 Å². The molecule has 11 heteroatoms. The lowest BCUT2D eigenvalue weighted by molar-refractivity contribution is -0.0597. The fraction of sp³-hybridized carbons (Fsp3) is 0.348. The van der Waals surface area contributed by atoms with Crippen LogP contribution >= 0.6 is 23.5 Å². The normalized spacial score (nSPS) is 20.4. The third kappa shape index (κ3) is 6.51. The van der Waals surface area contributed by atoms with Gasteiger partial charge in [0.05, 0.1) is 11.3 Å². The van der Waals surface area contributed by atoms with Gasteiger partial charge in [0.25, 0.3) is 0 Å². The fourth-order valence-corrected chi connectivity index (χ4v) is 4.98. The van der Waals surface area contributed by atoms with E-state index in [0.29, 0.717) is 24.0 Å². The predicted octanol–water partition coefficient (Wildman–Crippen LogP) is 5.02. The van der Waals surface area contributed by atoms with Gasteiger partial charge >= 0.3 is 16.3 Å². The average Bonchev–Trinajstić information content (AvgIpc) is 3.23. The van der Waals surface area contributed by atoms with Crippen molar-refractivity contribution >= 4 is 50.5 Å². The molecule has 2 aliphatic carbocycles. The summed E-state index contributed by atoms with van der Waals surface area (Å²) in [6.45, 7) is 1.57. The number of nitrogens with zero attached hydrogens (tertiary/aromatic N) is 1. The first-order valence-electron chi connectivity index (χ1n) is 10.4. The van der Waals surface area contributed by atoms with E-state index in [-0.39, 0.29) is 22.8 Å². The minimum absolute atomic E-state index is 0.0178. The second-order valence-corrected chi connectivity index (χ2v) is 10.8. The third-order valence-electron chi connectivity index (χ3n) is 4.98. The van der Waals surface area contributed by atoms with Gasteiger partial charge in [0, 0.05) is 9.81 Å². The summed E-state index contributed by atoms with van der Waals surface area (Å²) >= 11 is 3.09. The summed E-state index contributed by atoms with van der Waals surface area (Å²) in [6, 6.07) is 1.25. The van der Waals surface area contributed by atoms with Gasteiger partial charge in [0.1, 0.15) is 10.8 Å². The molecule has 5 nitrogen and oxygen atoms in total. The van der Waals surface area contributed by atoms with Crippen LogP contribution < -0.4 is 10.8 Å². The maximum Gasteiger partial charge on any atom is 0.437 e. The molecule has 3 rings (SSSR count). The van der Waals surface area contributed by atoms with E-state index in [9.17, 15) is 21.6 Å². The minimum atomic E-state index is -4.98. The van der Waals surface area contributed by atoms with Crippen LogP contribution in [-0.4, -0.2) is 38.6 Å². The standard InChI is InChI=1S/C23H24F3NO4S3/c1-4-13-34(28,29)31-27-22(23(24,25)26)19-14-20(15-5-9-17(32-2)10-6-15)30-21(19)16-7-11-18(33-3)12-8-16/h5,7,9-12,14H,4,6,8,13H2,1-3H3/b20-15?,21-16?,27-22-. The maximum atomic E-state index is 14.1. The van der Waals surface area contributed by atoms with Crippen molar-refractivity contribution in [3.8, 4) is 0 Å². The molecule has 0 N–H and O–H groups in total. The van der Waals surface area contributed by atoms with E-state index in [1.165, 1.54) is 17.8 Å². The van der Waals surface area contributed by atoms with Gasteiger partial charge < -0.3 is 4.42 Å². The van der Waals surface area contributed by atoms with Crippen molar-refractivity contribution in [2.75, 3.05) is 18.3 Å². The van der Waals surface area contributed by atoms with E-state index in [1.54, 1.807) is 36.9 Å². The Bertz CT molecular complexity index is 1310. The molecule has 184 valence electrons. The van der Waals surface area contributed by atoms with E-state index in [2.05, 4.69) is 9.44 Å². The quantitative estimate of drug-likeness (QED) is 0.364. The van der Waals surface area contributed by atoms with Crippen LogP contribution in [0.5, 0.6) is 0 Å². The molecule has 0 unspecified atom stereocenters. The van der Waals surface area contributed by atoms with Crippen LogP contribution in [-0.2, 0) is 14.4 Å². The van der Waals surface area contributed by atoms with Crippen LogP contribution in [0.2, 0.25) is 0 Å². The predicted molar refractivity (Wildman–Crippen MR) is 133 cm³/mol.